The van der Waals surface area contributed by atoms with Crippen LogP contribution in [0.2, 0.25) is 0 Å². The third-order valence-electron chi connectivity index (χ3n) is 2.89. The van der Waals surface area contributed by atoms with E-state index in [1.807, 2.05) is 6.07 Å². The predicted octanol–water partition coefficient (Wildman–Crippen LogP) is 2.71. The summed E-state index contributed by atoms with van der Waals surface area (Å²) in [6.07, 6.45) is 2.47. The first-order valence-corrected chi connectivity index (χ1v) is 6.21. The number of rotatable bonds is 5. The molecule has 0 heterocycles. The van der Waals surface area contributed by atoms with Gasteiger partial charge in [-0.3, -0.25) is 0 Å². The van der Waals surface area contributed by atoms with Crippen LogP contribution >= 0.6 is 0 Å². The molecular weight excluding hydrogens is 252 g/mol. The smallest absolute Gasteiger partial charge is 0.163 e. The first-order chi connectivity index (χ1) is 9.76. The summed E-state index contributed by atoms with van der Waals surface area (Å²) in [5.41, 5.74) is 0.339. The Kier molecular flexibility index (Phi) is 4.22. The van der Waals surface area contributed by atoms with Crippen LogP contribution in [0.25, 0.3) is 0 Å². The maximum atomic E-state index is 8.93. The molecule has 98 valence electrons. The maximum absolute atomic E-state index is 8.93. The second-order valence-corrected chi connectivity index (χ2v) is 4.49. The van der Waals surface area contributed by atoms with E-state index in [0.717, 1.165) is 12.4 Å². The zero-order valence-electron chi connectivity index (χ0n) is 10.8. The molecule has 0 bridgehead atoms. The Labute approximate surface area is 117 Å². The number of nitriles is 3. The van der Waals surface area contributed by atoms with Gasteiger partial charge in [0.05, 0.1) is 6.61 Å². The lowest BCUT2D eigenvalue weighted by Crippen LogP contribution is -2.01. The minimum atomic E-state index is -0.235. The highest BCUT2D eigenvalue weighted by Gasteiger charge is 2.21. The quantitative estimate of drug-likeness (QED) is 0.825. The lowest BCUT2D eigenvalue weighted by atomic mass is 10.2. The third kappa shape index (κ3) is 3.51. The van der Waals surface area contributed by atoms with Crippen molar-refractivity contribution in [3.05, 3.63) is 35.5 Å². The van der Waals surface area contributed by atoms with Crippen LogP contribution in [0.5, 0.6) is 5.75 Å². The average molecular weight is 264 g/mol. The summed E-state index contributed by atoms with van der Waals surface area (Å²) in [4.78, 5) is 0. The van der Waals surface area contributed by atoms with Crippen molar-refractivity contribution in [2.45, 2.75) is 12.8 Å². The minimum absolute atomic E-state index is 0.0540. The number of ether oxygens (including phenoxy) is 1. The molecule has 1 N–H and O–H groups in total. The molecule has 0 atom stereocenters. The SMILES string of the molecule is N#CC(C#N)=C(C#N)Nc1ccc(OCC2CC2)cc1. The minimum Gasteiger partial charge on any atom is -0.493 e. The van der Waals surface area contributed by atoms with E-state index in [4.69, 9.17) is 20.5 Å². The van der Waals surface area contributed by atoms with Crippen molar-refractivity contribution in [2.24, 2.45) is 5.92 Å². The van der Waals surface area contributed by atoms with Crippen LogP contribution in [0.4, 0.5) is 5.69 Å². The average Bonchev–Trinajstić information content (AvgIpc) is 3.30. The van der Waals surface area contributed by atoms with Gasteiger partial charge in [0, 0.05) is 5.69 Å². The fraction of sp³-hybridized carbons (Fsp3) is 0.267. The van der Waals surface area contributed by atoms with Crippen molar-refractivity contribution in [3.63, 3.8) is 0 Å². The first kappa shape index (κ1) is 13.5. The molecule has 1 aromatic carbocycles. The van der Waals surface area contributed by atoms with Gasteiger partial charge in [-0.1, -0.05) is 0 Å². The van der Waals surface area contributed by atoms with E-state index in [9.17, 15) is 0 Å². The van der Waals surface area contributed by atoms with Crippen molar-refractivity contribution < 1.29 is 4.74 Å². The summed E-state index contributed by atoms with van der Waals surface area (Å²) in [5.74, 6) is 1.46. The van der Waals surface area contributed by atoms with E-state index in [1.54, 1.807) is 36.4 Å². The number of benzene rings is 1. The highest BCUT2D eigenvalue weighted by Crippen LogP contribution is 2.29. The number of nitrogens with zero attached hydrogens (tertiary/aromatic N) is 3. The van der Waals surface area contributed by atoms with Gasteiger partial charge in [-0.25, -0.2) is 0 Å². The van der Waals surface area contributed by atoms with Gasteiger partial charge in [0.25, 0.3) is 0 Å². The molecule has 2 rings (SSSR count). The van der Waals surface area contributed by atoms with E-state index in [-0.39, 0.29) is 11.3 Å². The van der Waals surface area contributed by atoms with Gasteiger partial charge in [0.2, 0.25) is 0 Å². The summed E-state index contributed by atoms with van der Waals surface area (Å²) in [6, 6.07) is 12.2. The van der Waals surface area contributed by atoms with Crippen LogP contribution in [0.1, 0.15) is 12.8 Å². The van der Waals surface area contributed by atoms with Gasteiger partial charge in [-0.2, -0.15) is 15.8 Å². The van der Waals surface area contributed by atoms with E-state index in [0.29, 0.717) is 11.6 Å². The number of allylic oxidation sites excluding steroid dienone is 2. The van der Waals surface area contributed by atoms with Crippen molar-refractivity contribution >= 4 is 5.69 Å². The Balaban J connectivity index is 2.03. The molecule has 1 aliphatic rings. The monoisotopic (exact) mass is 264 g/mol. The Morgan fingerprint density at radius 3 is 2.25 bits per heavy atom. The Morgan fingerprint density at radius 1 is 1.10 bits per heavy atom. The molecule has 5 heteroatoms. The molecule has 5 nitrogen and oxygen atoms in total. The molecule has 1 fully saturated rings. The first-order valence-electron chi connectivity index (χ1n) is 6.21. The topological polar surface area (TPSA) is 92.6 Å². The lowest BCUT2D eigenvalue weighted by molar-refractivity contribution is 0.300. The number of anilines is 1. The number of nitrogens with one attached hydrogen (secondary N) is 1. The zero-order chi connectivity index (χ0) is 14.4. The van der Waals surface area contributed by atoms with Crippen LogP contribution in [-0.4, -0.2) is 6.61 Å². The second kappa shape index (κ2) is 6.27. The van der Waals surface area contributed by atoms with Crippen LogP contribution in [0, 0.1) is 39.9 Å². The Morgan fingerprint density at radius 2 is 1.75 bits per heavy atom. The number of hydrogen-bond donors (Lipinski definition) is 1. The molecule has 0 unspecified atom stereocenters. The largest absolute Gasteiger partial charge is 0.493 e. The van der Waals surface area contributed by atoms with Gasteiger partial charge in [0.1, 0.15) is 29.7 Å². The van der Waals surface area contributed by atoms with Crippen LogP contribution in [-0.2, 0) is 0 Å². The van der Waals surface area contributed by atoms with E-state index in [1.165, 1.54) is 12.8 Å². The molecule has 1 saturated carbocycles. The number of hydrogen-bond acceptors (Lipinski definition) is 5. The summed E-state index contributed by atoms with van der Waals surface area (Å²) < 4.78 is 5.60. The molecule has 20 heavy (non-hydrogen) atoms. The van der Waals surface area contributed by atoms with Gasteiger partial charge in [-0.05, 0) is 43.0 Å². The molecule has 0 saturated heterocycles. The second-order valence-electron chi connectivity index (χ2n) is 4.49. The summed E-state index contributed by atoms with van der Waals surface area (Å²) in [7, 11) is 0. The molecule has 0 amide bonds. The van der Waals surface area contributed by atoms with Crippen molar-refractivity contribution in [3.8, 4) is 24.0 Å². The van der Waals surface area contributed by atoms with E-state index >= 15 is 0 Å². The summed E-state index contributed by atoms with van der Waals surface area (Å²) in [6.45, 7) is 0.739. The molecule has 0 aliphatic heterocycles. The summed E-state index contributed by atoms with van der Waals surface area (Å²) >= 11 is 0. The third-order valence-corrected chi connectivity index (χ3v) is 2.89. The fourth-order valence-electron chi connectivity index (χ4n) is 1.56. The van der Waals surface area contributed by atoms with E-state index < -0.39 is 0 Å². The molecule has 1 aromatic rings. The zero-order valence-corrected chi connectivity index (χ0v) is 10.8. The molecule has 0 aromatic heterocycles. The Bertz CT molecular complexity index is 620. The van der Waals surface area contributed by atoms with Crippen LogP contribution < -0.4 is 10.1 Å². The Hall–Kier alpha value is -2.97. The molecule has 1 aliphatic carbocycles. The van der Waals surface area contributed by atoms with Gasteiger partial charge in [-0.15, -0.1) is 0 Å². The highest BCUT2D eigenvalue weighted by atomic mass is 16.5. The standard InChI is InChI=1S/C15H12N4O/c16-7-12(8-17)15(9-18)19-13-3-5-14(6-4-13)20-10-11-1-2-11/h3-6,11,19H,1-2,10H2. The van der Waals surface area contributed by atoms with Crippen LogP contribution in [0.3, 0.4) is 0 Å². The molecule has 0 spiro atoms. The maximum Gasteiger partial charge on any atom is 0.163 e. The van der Waals surface area contributed by atoms with E-state index in [2.05, 4.69) is 5.32 Å². The predicted molar refractivity (Wildman–Crippen MR) is 72.1 cm³/mol. The van der Waals surface area contributed by atoms with Gasteiger partial charge in [0.15, 0.2) is 5.57 Å². The van der Waals surface area contributed by atoms with Crippen molar-refractivity contribution in [1.29, 1.82) is 15.8 Å². The van der Waals surface area contributed by atoms with Crippen LogP contribution in [0.15, 0.2) is 35.5 Å². The normalized spacial score (nSPS) is 12.4. The highest BCUT2D eigenvalue weighted by molar-refractivity contribution is 5.58. The van der Waals surface area contributed by atoms with Crippen molar-refractivity contribution in [2.75, 3.05) is 11.9 Å². The fourth-order valence-corrected chi connectivity index (χ4v) is 1.56. The van der Waals surface area contributed by atoms with Crippen molar-refractivity contribution in [1.82, 2.24) is 0 Å². The van der Waals surface area contributed by atoms with Gasteiger partial charge < -0.3 is 10.1 Å². The van der Waals surface area contributed by atoms with Gasteiger partial charge >= 0.3 is 0 Å². The molecular formula is C15H12N4O. The lowest BCUT2D eigenvalue weighted by Gasteiger charge is -2.07. The summed E-state index contributed by atoms with van der Waals surface area (Å²) in [5, 5.41) is 29.2. The molecule has 0 radical (unpaired) electrons.